The molecule has 3 heterocycles. The summed E-state index contributed by atoms with van der Waals surface area (Å²) in [7, 11) is 0. The molecule has 0 radical (unpaired) electrons. The Labute approximate surface area is 86.4 Å². The number of piperidine rings is 3. The zero-order valence-corrected chi connectivity index (χ0v) is 8.78. The van der Waals surface area contributed by atoms with Crippen LogP contribution in [-0.2, 0) is 0 Å². The highest BCUT2D eigenvalue weighted by Gasteiger charge is 2.34. The molecule has 0 amide bonds. The topological polar surface area (TPSA) is 15.3 Å². The molecule has 2 nitrogen and oxygen atoms in total. The molecular formula is C12H20N2. The largest absolute Gasteiger partial charge is 0.309 e. The van der Waals surface area contributed by atoms with Crippen molar-refractivity contribution in [2.45, 2.75) is 37.8 Å². The van der Waals surface area contributed by atoms with Gasteiger partial charge in [-0.1, -0.05) is 12.2 Å². The SMILES string of the molecule is C1=CCC(NC2CN3CCC2CC3)C1. The zero-order chi connectivity index (χ0) is 9.38. The average molecular weight is 192 g/mol. The molecular weight excluding hydrogens is 172 g/mol. The molecule has 2 bridgehead atoms. The first kappa shape index (κ1) is 8.93. The quantitative estimate of drug-likeness (QED) is 0.665. The van der Waals surface area contributed by atoms with Gasteiger partial charge in [0.25, 0.3) is 0 Å². The highest BCUT2D eigenvalue weighted by molar-refractivity contribution is 5.01. The van der Waals surface area contributed by atoms with Gasteiger partial charge in [0.2, 0.25) is 0 Å². The molecule has 1 N–H and O–H groups in total. The van der Waals surface area contributed by atoms with Gasteiger partial charge < -0.3 is 10.2 Å². The van der Waals surface area contributed by atoms with Gasteiger partial charge >= 0.3 is 0 Å². The molecule has 1 atom stereocenters. The maximum absolute atomic E-state index is 3.85. The molecule has 0 aromatic rings. The fraction of sp³-hybridized carbons (Fsp3) is 0.833. The molecule has 4 rings (SSSR count). The third-order valence-electron chi connectivity index (χ3n) is 4.11. The third-order valence-corrected chi connectivity index (χ3v) is 4.11. The lowest BCUT2D eigenvalue weighted by atomic mass is 9.83. The summed E-state index contributed by atoms with van der Waals surface area (Å²) in [6, 6.07) is 1.54. The first-order valence-electron chi connectivity index (χ1n) is 6.05. The van der Waals surface area contributed by atoms with E-state index in [2.05, 4.69) is 22.4 Å². The van der Waals surface area contributed by atoms with E-state index >= 15 is 0 Å². The van der Waals surface area contributed by atoms with Crippen LogP contribution in [0.5, 0.6) is 0 Å². The molecule has 1 aliphatic carbocycles. The summed E-state index contributed by atoms with van der Waals surface area (Å²) in [5, 5.41) is 3.85. The van der Waals surface area contributed by atoms with E-state index in [1.54, 1.807) is 0 Å². The van der Waals surface area contributed by atoms with Gasteiger partial charge in [0, 0.05) is 18.6 Å². The maximum Gasteiger partial charge on any atom is 0.0227 e. The molecule has 3 fully saturated rings. The van der Waals surface area contributed by atoms with Gasteiger partial charge in [0.15, 0.2) is 0 Å². The molecule has 0 aromatic heterocycles. The fourth-order valence-electron chi connectivity index (χ4n) is 3.21. The minimum atomic E-state index is 0.751. The Bertz CT molecular complexity index is 220. The van der Waals surface area contributed by atoms with Gasteiger partial charge in [-0.3, -0.25) is 0 Å². The van der Waals surface area contributed by atoms with E-state index in [0.29, 0.717) is 0 Å². The van der Waals surface area contributed by atoms with E-state index in [0.717, 1.165) is 18.0 Å². The van der Waals surface area contributed by atoms with Gasteiger partial charge in [0.1, 0.15) is 0 Å². The monoisotopic (exact) mass is 192 g/mol. The normalized spacial score (nSPS) is 42.1. The Morgan fingerprint density at radius 1 is 1.07 bits per heavy atom. The molecule has 3 saturated heterocycles. The standard InChI is InChI=1S/C12H20N2/c1-2-4-11(3-1)13-12-9-14-7-5-10(12)6-8-14/h1-2,10-13H,3-9H2. The van der Waals surface area contributed by atoms with E-state index in [-0.39, 0.29) is 0 Å². The summed E-state index contributed by atoms with van der Waals surface area (Å²) in [6.45, 7) is 4.01. The van der Waals surface area contributed by atoms with Crippen molar-refractivity contribution < 1.29 is 0 Å². The molecule has 2 heteroatoms. The highest BCUT2D eigenvalue weighted by atomic mass is 15.2. The summed E-state index contributed by atoms with van der Waals surface area (Å²) in [6.07, 6.45) is 10.0. The lowest BCUT2D eigenvalue weighted by Gasteiger charge is -2.46. The van der Waals surface area contributed by atoms with Crippen molar-refractivity contribution in [2.24, 2.45) is 5.92 Å². The lowest BCUT2D eigenvalue weighted by Crippen LogP contribution is -2.57. The van der Waals surface area contributed by atoms with Crippen molar-refractivity contribution in [3.63, 3.8) is 0 Å². The van der Waals surface area contributed by atoms with Gasteiger partial charge in [-0.05, 0) is 44.7 Å². The van der Waals surface area contributed by atoms with Crippen molar-refractivity contribution >= 4 is 0 Å². The van der Waals surface area contributed by atoms with Crippen LogP contribution in [0.25, 0.3) is 0 Å². The first-order valence-corrected chi connectivity index (χ1v) is 6.05. The first-order chi connectivity index (χ1) is 6.92. The van der Waals surface area contributed by atoms with Crippen LogP contribution in [0.3, 0.4) is 0 Å². The Hall–Kier alpha value is -0.340. The fourth-order valence-corrected chi connectivity index (χ4v) is 3.21. The van der Waals surface area contributed by atoms with E-state index in [9.17, 15) is 0 Å². The van der Waals surface area contributed by atoms with Crippen molar-refractivity contribution in [1.82, 2.24) is 10.2 Å². The van der Waals surface area contributed by atoms with Crippen LogP contribution >= 0.6 is 0 Å². The van der Waals surface area contributed by atoms with Crippen LogP contribution in [0.1, 0.15) is 25.7 Å². The maximum atomic E-state index is 3.85. The molecule has 4 aliphatic rings. The van der Waals surface area contributed by atoms with Crippen molar-refractivity contribution in [3.8, 4) is 0 Å². The predicted octanol–water partition coefficient (Wildman–Crippen LogP) is 1.39. The number of nitrogens with zero attached hydrogens (tertiary/aromatic N) is 1. The Morgan fingerprint density at radius 3 is 2.36 bits per heavy atom. The van der Waals surface area contributed by atoms with Crippen LogP contribution in [0, 0.1) is 5.92 Å². The van der Waals surface area contributed by atoms with E-state index in [1.807, 2.05) is 0 Å². The molecule has 0 saturated carbocycles. The number of hydrogen-bond donors (Lipinski definition) is 1. The molecule has 3 aliphatic heterocycles. The van der Waals surface area contributed by atoms with E-state index in [4.69, 9.17) is 0 Å². The summed E-state index contributed by atoms with van der Waals surface area (Å²) >= 11 is 0. The molecule has 78 valence electrons. The summed E-state index contributed by atoms with van der Waals surface area (Å²) in [5.41, 5.74) is 0. The molecule has 0 aromatic carbocycles. The Balaban J connectivity index is 1.57. The van der Waals surface area contributed by atoms with Crippen molar-refractivity contribution in [3.05, 3.63) is 12.2 Å². The zero-order valence-electron chi connectivity index (χ0n) is 8.78. The third kappa shape index (κ3) is 1.61. The van der Waals surface area contributed by atoms with Gasteiger partial charge in [-0.2, -0.15) is 0 Å². The van der Waals surface area contributed by atoms with Crippen LogP contribution in [0.2, 0.25) is 0 Å². The second-order valence-electron chi connectivity index (χ2n) is 5.05. The van der Waals surface area contributed by atoms with Crippen LogP contribution in [-0.4, -0.2) is 36.6 Å². The Kier molecular flexibility index (Phi) is 2.34. The van der Waals surface area contributed by atoms with Crippen LogP contribution in [0.4, 0.5) is 0 Å². The molecule has 1 unspecified atom stereocenters. The number of nitrogens with one attached hydrogen (secondary N) is 1. The van der Waals surface area contributed by atoms with Gasteiger partial charge in [-0.15, -0.1) is 0 Å². The van der Waals surface area contributed by atoms with Crippen molar-refractivity contribution in [1.29, 1.82) is 0 Å². The van der Waals surface area contributed by atoms with Gasteiger partial charge in [-0.25, -0.2) is 0 Å². The van der Waals surface area contributed by atoms with Crippen LogP contribution < -0.4 is 5.32 Å². The van der Waals surface area contributed by atoms with Gasteiger partial charge in [0.05, 0.1) is 0 Å². The Morgan fingerprint density at radius 2 is 1.79 bits per heavy atom. The number of rotatable bonds is 2. The number of hydrogen-bond acceptors (Lipinski definition) is 2. The van der Waals surface area contributed by atoms with E-state index in [1.165, 1.54) is 45.3 Å². The second kappa shape index (κ2) is 3.67. The highest BCUT2D eigenvalue weighted by Crippen LogP contribution is 2.28. The number of fused-ring (bicyclic) bond motifs is 3. The minimum Gasteiger partial charge on any atom is -0.309 e. The second-order valence-corrected chi connectivity index (χ2v) is 5.05. The summed E-state index contributed by atoms with van der Waals surface area (Å²) in [5.74, 6) is 0.973. The van der Waals surface area contributed by atoms with Crippen LogP contribution in [0.15, 0.2) is 12.2 Å². The lowest BCUT2D eigenvalue weighted by molar-refractivity contribution is 0.0677. The average Bonchev–Trinajstić information content (AvgIpc) is 2.72. The summed E-state index contributed by atoms with van der Waals surface area (Å²) < 4.78 is 0. The minimum absolute atomic E-state index is 0.751. The smallest absolute Gasteiger partial charge is 0.0227 e. The van der Waals surface area contributed by atoms with E-state index < -0.39 is 0 Å². The predicted molar refractivity (Wildman–Crippen MR) is 58.2 cm³/mol. The van der Waals surface area contributed by atoms with Crippen molar-refractivity contribution in [2.75, 3.05) is 19.6 Å². The molecule has 0 spiro atoms. The summed E-state index contributed by atoms with van der Waals surface area (Å²) in [4.78, 5) is 2.63. The molecule has 14 heavy (non-hydrogen) atoms.